The molecule has 0 aliphatic rings. The van der Waals surface area contributed by atoms with E-state index < -0.39 is 0 Å². The lowest BCUT2D eigenvalue weighted by Crippen LogP contribution is -1.96. The summed E-state index contributed by atoms with van der Waals surface area (Å²) in [5.41, 5.74) is 0.934. The maximum Gasteiger partial charge on any atom is 0.161 e. The van der Waals surface area contributed by atoms with E-state index in [-0.39, 0.29) is 0 Å². The van der Waals surface area contributed by atoms with E-state index in [4.69, 9.17) is 9.47 Å². The zero-order valence-electron chi connectivity index (χ0n) is 8.23. The molecule has 14 heavy (non-hydrogen) atoms. The van der Waals surface area contributed by atoms with Gasteiger partial charge in [-0.3, -0.25) is 0 Å². The molecule has 4 heteroatoms. The molecule has 1 aromatic carbocycles. The summed E-state index contributed by atoms with van der Waals surface area (Å²) in [4.78, 5) is 0. The lowest BCUT2D eigenvalue weighted by atomic mass is 10.2. The average Bonchev–Trinajstić information content (AvgIpc) is 2.19. The van der Waals surface area contributed by atoms with E-state index in [0.29, 0.717) is 6.61 Å². The van der Waals surface area contributed by atoms with Gasteiger partial charge in [0.2, 0.25) is 0 Å². The van der Waals surface area contributed by atoms with Gasteiger partial charge in [0, 0.05) is 6.21 Å². The fraction of sp³-hybridized carbons (Fsp3) is 0.300. The number of nitrogens with zero attached hydrogens (tertiary/aromatic N) is 1. The molecule has 0 unspecified atom stereocenters. The molecule has 0 saturated carbocycles. The first-order chi connectivity index (χ1) is 6.81. The molecule has 0 bridgehead atoms. The molecule has 0 aliphatic carbocycles. The molecule has 0 fully saturated rings. The van der Waals surface area contributed by atoms with Crippen LogP contribution in [0.5, 0.6) is 11.5 Å². The van der Waals surface area contributed by atoms with Crippen LogP contribution in [0.3, 0.4) is 0 Å². The van der Waals surface area contributed by atoms with Crippen LogP contribution in [-0.2, 0) is 0 Å². The van der Waals surface area contributed by atoms with Gasteiger partial charge in [-0.1, -0.05) is 0 Å². The van der Waals surface area contributed by atoms with E-state index in [9.17, 15) is 0 Å². The second-order valence-corrected chi connectivity index (χ2v) is 2.82. The van der Waals surface area contributed by atoms with Crippen molar-refractivity contribution in [3.63, 3.8) is 0 Å². The number of methoxy groups -OCH3 is 1. The number of rotatable bonds is 4. The normalized spacial score (nSPS) is 10.5. The maximum atomic E-state index is 5.40. The third-order valence-electron chi connectivity index (χ3n) is 1.69. The van der Waals surface area contributed by atoms with Crippen molar-refractivity contribution in [2.45, 2.75) is 6.92 Å². The number of ether oxygens (including phenoxy) is 2. The van der Waals surface area contributed by atoms with Crippen LogP contribution in [0.2, 0.25) is 0 Å². The highest BCUT2D eigenvalue weighted by Crippen LogP contribution is 2.27. The fourth-order valence-corrected chi connectivity index (χ4v) is 1.24. The Kier molecular flexibility index (Phi) is 4.32. The fourth-order valence-electron chi connectivity index (χ4n) is 1.11. The predicted molar refractivity (Wildman–Crippen MR) is 60.7 cm³/mol. The van der Waals surface area contributed by atoms with Crippen molar-refractivity contribution in [3.8, 4) is 11.5 Å². The van der Waals surface area contributed by atoms with Crippen LogP contribution < -0.4 is 9.47 Å². The Labute approximate surface area is 89.3 Å². The zero-order chi connectivity index (χ0) is 10.4. The molecular formula is C10H13NO2S. The summed E-state index contributed by atoms with van der Waals surface area (Å²) in [6, 6.07) is 5.60. The van der Waals surface area contributed by atoms with Gasteiger partial charge in [0.15, 0.2) is 11.5 Å². The summed E-state index contributed by atoms with van der Waals surface area (Å²) >= 11 is 3.76. The lowest BCUT2D eigenvalue weighted by Gasteiger charge is -2.09. The minimum absolute atomic E-state index is 0.609. The van der Waals surface area contributed by atoms with Gasteiger partial charge < -0.3 is 9.47 Å². The second kappa shape index (κ2) is 5.54. The SMILES string of the molecule is CCOc1cc(C=NS)ccc1OC. The Balaban J connectivity index is 3.00. The van der Waals surface area contributed by atoms with Crippen LogP contribution in [0.15, 0.2) is 22.6 Å². The first kappa shape index (κ1) is 10.9. The summed E-state index contributed by atoms with van der Waals surface area (Å²) in [5.74, 6) is 1.45. The topological polar surface area (TPSA) is 30.8 Å². The number of benzene rings is 1. The summed E-state index contributed by atoms with van der Waals surface area (Å²) in [6.45, 7) is 2.54. The number of hydrogen-bond acceptors (Lipinski definition) is 4. The minimum atomic E-state index is 0.609. The van der Waals surface area contributed by atoms with Crippen LogP contribution >= 0.6 is 12.8 Å². The van der Waals surface area contributed by atoms with Gasteiger partial charge in [0.25, 0.3) is 0 Å². The van der Waals surface area contributed by atoms with Crippen molar-refractivity contribution < 1.29 is 9.47 Å². The van der Waals surface area contributed by atoms with Gasteiger partial charge >= 0.3 is 0 Å². The van der Waals surface area contributed by atoms with Crippen molar-refractivity contribution in [2.24, 2.45) is 4.40 Å². The van der Waals surface area contributed by atoms with E-state index in [1.807, 2.05) is 25.1 Å². The Morgan fingerprint density at radius 1 is 1.43 bits per heavy atom. The largest absolute Gasteiger partial charge is 0.493 e. The first-order valence-electron chi connectivity index (χ1n) is 4.30. The molecule has 0 spiro atoms. The lowest BCUT2D eigenvalue weighted by molar-refractivity contribution is 0.311. The Morgan fingerprint density at radius 2 is 2.21 bits per heavy atom. The Hall–Kier alpha value is -1.16. The van der Waals surface area contributed by atoms with Crippen molar-refractivity contribution >= 4 is 19.0 Å². The molecule has 3 nitrogen and oxygen atoms in total. The third-order valence-corrected chi connectivity index (χ3v) is 1.81. The summed E-state index contributed by atoms with van der Waals surface area (Å²) < 4.78 is 14.2. The molecule has 0 heterocycles. The van der Waals surface area contributed by atoms with Crippen LogP contribution in [-0.4, -0.2) is 19.9 Å². The molecular weight excluding hydrogens is 198 g/mol. The van der Waals surface area contributed by atoms with Crippen molar-refractivity contribution in [1.82, 2.24) is 0 Å². The highest BCUT2D eigenvalue weighted by atomic mass is 32.1. The van der Waals surface area contributed by atoms with Gasteiger partial charge in [0.05, 0.1) is 13.7 Å². The van der Waals surface area contributed by atoms with E-state index in [1.54, 1.807) is 13.3 Å². The van der Waals surface area contributed by atoms with Gasteiger partial charge in [-0.25, -0.2) is 4.40 Å². The standard InChI is InChI=1S/C10H13NO2S/c1-3-13-10-6-8(7-11-14)4-5-9(10)12-2/h4-7,14H,3H2,1-2H3. The molecule has 0 N–H and O–H groups in total. The van der Waals surface area contributed by atoms with E-state index in [1.165, 1.54) is 0 Å². The van der Waals surface area contributed by atoms with Gasteiger partial charge in [-0.2, -0.15) is 0 Å². The van der Waals surface area contributed by atoms with Crippen molar-refractivity contribution in [2.75, 3.05) is 13.7 Å². The molecule has 0 amide bonds. The quantitative estimate of drug-likeness (QED) is 0.612. The van der Waals surface area contributed by atoms with E-state index in [2.05, 4.69) is 17.2 Å². The van der Waals surface area contributed by atoms with Crippen molar-refractivity contribution in [1.29, 1.82) is 0 Å². The number of hydrogen-bond donors (Lipinski definition) is 1. The molecule has 0 aromatic heterocycles. The molecule has 0 atom stereocenters. The minimum Gasteiger partial charge on any atom is -0.493 e. The third kappa shape index (κ3) is 2.67. The van der Waals surface area contributed by atoms with Crippen LogP contribution in [0.4, 0.5) is 0 Å². The van der Waals surface area contributed by atoms with Gasteiger partial charge in [0.1, 0.15) is 0 Å². The Bertz CT molecular complexity index is 326. The molecule has 0 aliphatic heterocycles. The highest BCUT2D eigenvalue weighted by Gasteiger charge is 2.03. The van der Waals surface area contributed by atoms with Gasteiger partial charge in [-0.05, 0) is 43.5 Å². The Morgan fingerprint density at radius 3 is 2.79 bits per heavy atom. The van der Waals surface area contributed by atoms with E-state index >= 15 is 0 Å². The van der Waals surface area contributed by atoms with E-state index in [0.717, 1.165) is 17.1 Å². The smallest absolute Gasteiger partial charge is 0.161 e. The average molecular weight is 211 g/mol. The highest BCUT2D eigenvalue weighted by molar-refractivity contribution is 7.79. The zero-order valence-corrected chi connectivity index (χ0v) is 9.12. The molecule has 76 valence electrons. The summed E-state index contributed by atoms with van der Waals surface area (Å²) in [5, 5.41) is 0. The van der Waals surface area contributed by atoms with Gasteiger partial charge in [-0.15, -0.1) is 0 Å². The molecule has 0 saturated heterocycles. The predicted octanol–water partition coefficient (Wildman–Crippen LogP) is 2.36. The van der Waals surface area contributed by atoms with Crippen molar-refractivity contribution in [3.05, 3.63) is 23.8 Å². The van der Waals surface area contributed by atoms with Crippen LogP contribution in [0, 0.1) is 0 Å². The molecule has 0 radical (unpaired) electrons. The summed E-state index contributed by atoms with van der Waals surface area (Å²) in [7, 11) is 1.62. The molecule has 1 rings (SSSR count). The monoisotopic (exact) mass is 211 g/mol. The first-order valence-corrected chi connectivity index (χ1v) is 4.70. The van der Waals surface area contributed by atoms with Crippen LogP contribution in [0.25, 0.3) is 0 Å². The molecule has 1 aromatic rings. The van der Waals surface area contributed by atoms with Crippen LogP contribution in [0.1, 0.15) is 12.5 Å². The summed E-state index contributed by atoms with van der Waals surface area (Å²) in [6.07, 6.45) is 1.64. The second-order valence-electron chi connectivity index (χ2n) is 2.59. The number of thiol groups is 1. The maximum absolute atomic E-state index is 5.40.